The maximum Gasteiger partial charge on any atom is 0.221 e. The highest BCUT2D eigenvalue weighted by atomic mass is 32.1. The van der Waals surface area contributed by atoms with Gasteiger partial charge in [0.25, 0.3) is 0 Å². The molecule has 0 saturated heterocycles. The molecule has 2 fully saturated rings. The predicted octanol–water partition coefficient (Wildman–Crippen LogP) is 1.71. The number of nitrogens with two attached hydrogens (primary N) is 1. The quantitative estimate of drug-likeness (QED) is 0.767. The minimum atomic E-state index is 0.166. The Kier molecular flexibility index (Phi) is 4.38. The molecule has 4 nitrogen and oxygen atoms in total. The van der Waals surface area contributed by atoms with E-state index >= 15 is 0 Å². The number of hydrogen-bond acceptors (Lipinski definition) is 4. The first kappa shape index (κ1) is 14.0. The molecule has 5 heteroatoms. The van der Waals surface area contributed by atoms with Gasteiger partial charge in [-0.25, -0.2) is 0 Å². The Balaban J connectivity index is 1.59. The molecule has 1 unspecified atom stereocenters. The Morgan fingerprint density at radius 3 is 2.80 bits per heavy atom. The molecule has 1 atom stereocenters. The largest absolute Gasteiger partial charge is 0.353 e. The lowest BCUT2D eigenvalue weighted by molar-refractivity contribution is -0.122. The zero-order chi connectivity index (χ0) is 13.9. The van der Waals surface area contributed by atoms with E-state index in [-0.39, 0.29) is 11.9 Å². The Bertz CT molecular complexity index is 440. The molecule has 0 bridgehead atoms. The van der Waals surface area contributed by atoms with Crippen molar-refractivity contribution in [3.05, 3.63) is 22.4 Å². The number of hydrogen-bond donors (Lipinski definition) is 2. The van der Waals surface area contributed by atoms with Gasteiger partial charge in [-0.1, -0.05) is 6.07 Å². The maximum absolute atomic E-state index is 12.0. The van der Waals surface area contributed by atoms with Crippen molar-refractivity contribution in [2.75, 3.05) is 6.54 Å². The molecule has 0 spiro atoms. The van der Waals surface area contributed by atoms with E-state index in [1.807, 2.05) is 0 Å². The highest BCUT2D eigenvalue weighted by molar-refractivity contribution is 7.09. The second-order valence-electron chi connectivity index (χ2n) is 5.92. The summed E-state index contributed by atoms with van der Waals surface area (Å²) in [7, 11) is 0. The van der Waals surface area contributed by atoms with Gasteiger partial charge in [0.05, 0.1) is 0 Å². The smallest absolute Gasteiger partial charge is 0.221 e. The van der Waals surface area contributed by atoms with Crippen LogP contribution in [0, 0.1) is 0 Å². The van der Waals surface area contributed by atoms with E-state index in [1.54, 1.807) is 11.3 Å². The Morgan fingerprint density at radius 2 is 2.25 bits per heavy atom. The Hall–Kier alpha value is -0.910. The summed E-state index contributed by atoms with van der Waals surface area (Å²) in [4.78, 5) is 15.8. The molecule has 2 aliphatic rings. The van der Waals surface area contributed by atoms with E-state index in [4.69, 9.17) is 5.73 Å². The van der Waals surface area contributed by atoms with Crippen LogP contribution in [0.4, 0.5) is 0 Å². The molecule has 1 aromatic rings. The van der Waals surface area contributed by atoms with Gasteiger partial charge in [0, 0.05) is 42.5 Å². The summed E-state index contributed by atoms with van der Waals surface area (Å²) in [5.74, 6) is 0.166. The summed E-state index contributed by atoms with van der Waals surface area (Å²) < 4.78 is 0. The molecule has 110 valence electrons. The fraction of sp³-hybridized carbons (Fsp3) is 0.667. The Morgan fingerprint density at radius 1 is 1.45 bits per heavy atom. The number of nitrogens with one attached hydrogen (secondary N) is 1. The lowest BCUT2D eigenvalue weighted by Crippen LogP contribution is -2.44. The second-order valence-corrected chi connectivity index (χ2v) is 6.95. The van der Waals surface area contributed by atoms with Crippen LogP contribution < -0.4 is 11.1 Å². The minimum Gasteiger partial charge on any atom is -0.353 e. The van der Waals surface area contributed by atoms with E-state index in [9.17, 15) is 4.79 Å². The summed E-state index contributed by atoms with van der Waals surface area (Å²) in [5, 5.41) is 5.18. The highest BCUT2D eigenvalue weighted by Crippen LogP contribution is 2.31. The van der Waals surface area contributed by atoms with Crippen molar-refractivity contribution in [3.63, 3.8) is 0 Å². The van der Waals surface area contributed by atoms with Crippen LogP contribution in [0.1, 0.15) is 37.0 Å². The number of carbonyl (C=O) groups excluding carboxylic acids is 1. The normalized spacial score (nSPS) is 20.1. The van der Waals surface area contributed by atoms with Crippen molar-refractivity contribution in [2.24, 2.45) is 5.73 Å². The van der Waals surface area contributed by atoms with E-state index in [0.29, 0.717) is 25.0 Å². The van der Waals surface area contributed by atoms with Gasteiger partial charge in [-0.15, -0.1) is 11.3 Å². The third-order valence-electron chi connectivity index (χ3n) is 4.04. The van der Waals surface area contributed by atoms with Gasteiger partial charge >= 0.3 is 0 Å². The van der Waals surface area contributed by atoms with Crippen molar-refractivity contribution in [1.82, 2.24) is 10.2 Å². The first-order valence-electron chi connectivity index (χ1n) is 7.54. The molecule has 20 heavy (non-hydrogen) atoms. The predicted molar refractivity (Wildman–Crippen MR) is 81.5 cm³/mol. The molecule has 3 rings (SSSR count). The molecular weight excluding hydrogens is 270 g/mol. The summed E-state index contributed by atoms with van der Waals surface area (Å²) >= 11 is 1.78. The summed E-state index contributed by atoms with van der Waals surface area (Å²) in [6.07, 6.45) is 5.30. The average molecular weight is 293 g/mol. The van der Waals surface area contributed by atoms with Gasteiger partial charge in [-0.3, -0.25) is 9.69 Å². The second kappa shape index (κ2) is 6.24. The minimum absolute atomic E-state index is 0.166. The van der Waals surface area contributed by atoms with Gasteiger partial charge in [0.2, 0.25) is 5.91 Å². The summed E-state index contributed by atoms with van der Waals surface area (Å²) in [5.41, 5.74) is 5.94. The van der Waals surface area contributed by atoms with Gasteiger partial charge in [-0.05, 0) is 37.1 Å². The zero-order valence-corrected chi connectivity index (χ0v) is 12.6. The van der Waals surface area contributed by atoms with Crippen LogP contribution in [-0.4, -0.2) is 35.5 Å². The molecule has 1 amide bonds. The first-order chi connectivity index (χ1) is 9.76. The van der Waals surface area contributed by atoms with E-state index < -0.39 is 0 Å². The average Bonchev–Trinajstić information content (AvgIpc) is 3.36. The van der Waals surface area contributed by atoms with E-state index in [1.165, 1.54) is 17.7 Å². The molecule has 0 radical (unpaired) electrons. The van der Waals surface area contributed by atoms with Gasteiger partial charge in [-0.2, -0.15) is 0 Å². The van der Waals surface area contributed by atoms with Crippen LogP contribution in [0.15, 0.2) is 17.5 Å². The monoisotopic (exact) mass is 293 g/mol. The highest BCUT2D eigenvalue weighted by Gasteiger charge is 2.35. The van der Waals surface area contributed by atoms with Crippen molar-refractivity contribution in [2.45, 2.75) is 56.8 Å². The molecule has 0 aromatic carbocycles. The van der Waals surface area contributed by atoms with Gasteiger partial charge in [0.1, 0.15) is 0 Å². The van der Waals surface area contributed by atoms with Crippen LogP contribution >= 0.6 is 11.3 Å². The van der Waals surface area contributed by atoms with Crippen LogP contribution in [0.3, 0.4) is 0 Å². The number of nitrogens with zero attached hydrogens (tertiary/aromatic N) is 1. The molecule has 1 aromatic heterocycles. The molecule has 2 saturated carbocycles. The summed E-state index contributed by atoms with van der Waals surface area (Å²) in [6.45, 7) is 1.49. The van der Waals surface area contributed by atoms with E-state index in [0.717, 1.165) is 19.4 Å². The standard InChI is InChI=1S/C15H23N3OS/c16-9-13(8-15(19)17-11-3-4-11)18(12-5-6-12)10-14-2-1-7-20-14/h1-2,7,11-13H,3-6,8-10,16H2,(H,17,19). The van der Waals surface area contributed by atoms with Gasteiger partial charge in [0.15, 0.2) is 0 Å². The Labute approximate surface area is 124 Å². The lowest BCUT2D eigenvalue weighted by atomic mass is 10.1. The molecule has 1 heterocycles. The van der Waals surface area contributed by atoms with Crippen LogP contribution in [0.5, 0.6) is 0 Å². The number of amides is 1. The maximum atomic E-state index is 12.0. The fourth-order valence-corrected chi connectivity index (χ4v) is 3.32. The molecule has 3 N–H and O–H groups in total. The zero-order valence-electron chi connectivity index (χ0n) is 11.8. The SMILES string of the molecule is NCC(CC(=O)NC1CC1)N(Cc1cccs1)C1CC1. The lowest BCUT2D eigenvalue weighted by Gasteiger charge is -2.30. The van der Waals surface area contributed by atoms with Crippen LogP contribution in [0.2, 0.25) is 0 Å². The third-order valence-corrected chi connectivity index (χ3v) is 4.90. The van der Waals surface area contributed by atoms with Crippen LogP contribution in [0.25, 0.3) is 0 Å². The number of thiophene rings is 1. The van der Waals surface area contributed by atoms with Crippen molar-refractivity contribution in [3.8, 4) is 0 Å². The van der Waals surface area contributed by atoms with Crippen molar-refractivity contribution >= 4 is 17.2 Å². The topological polar surface area (TPSA) is 58.4 Å². The van der Waals surface area contributed by atoms with Crippen LogP contribution in [-0.2, 0) is 11.3 Å². The van der Waals surface area contributed by atoms with E-state index in [2.05, 4.69) is 27.7 Å². The van der Waals surface area contributed by atoms with Gasteiger partial charge < -0.3 is 11.1 Å². The molecule has 2 aliphatic carbocycles. The van der Waals surface area contributed by atoms with Crippen molar-refractivity contribution in [1.29, 1.82) is 0 Å². The molecule has 0 aliphatic heterocycles. The summed E-state index contributed by atoms with van der Waals surface area (Å²) in [6, 6.07) is 5.48. The molecular formula is C15H23N3OS. The third kappa shape index (κ3) is 3.81. The van der Waals surface area contributed by atoms with Crippen molar-refractivity contribution < 1.29 is 4.79 Å². The first-order valence-corrected chi connectivity index (χ1v) is 8.42. The fourth-order valence-electron chi connectivity index (χ4n) is 2.61. The number of carbonyl (C=O) groups is 1. The number of rotatable bonds is 8.